The van der Waals surface area contributed by atoms with Crippen LogP contribution in [0, 0.1) is 17.2 Å². The van der Waals surface area contributed by atoms with Crippen LogP contribution in [0.2, 0.25) is 0 Å². The summed E-state index contributed by atoms with van der Waals surface area (Å²) in [5.74, 6) is 0.255. The van der Waals surface area contributed by atoms with Crippen LogP contribution in [0.3, 0.4) is 0 Å². The molecule has 2 rings (SSSR count). The fraction of sp³-hybridized carbons (Fsp3) is 0.467. The zero-order valence-electron chi connectivity index (χ0n) is 11.1. The number of carbonyl (C=O) groups is 1. The molecule has 4 nitrogen and oxygen atoms in total. The number of hydrogen-bond donors (Lipinski definition) is 1. The largest absolute Gasteiger partial charge is 0.396 e. The minimum Gasteiger partial charge on any atom is -0.396 e. The summed E-state index contributed by atoms with van der Waals surface area (Å²) >= 11 is 0. The minimum absolute atomic E-state index is 0.00520. The van der Waals surface area contributed by atoms with Crippen molar-refractivity contribution < 1.29 is 9.90 Å². The Bertz CT molecular complexity index is 519. The van der Waals surface area contributed by atoms with Crippen molar-refractivity contribution in [3.8, 4) is 6.07 Å². The number of anilines is 1. The third kappa shape index (κ3) is 2.94. The van der Waals surface area contributed by atoms with E-state index in [0.29, 0.717) is 11.1 Å². The second-order valence-electron chi connectivity index (χ2n) is 5.04. The van der Waals surface area contributed by atoms with Gasteiger partial charge in [-0.15, -0.1) is 0 Å². The maximum Gasteiger partial charge on any atom is 0.161 e. The summed E-state index contributed by atoms with van der Waals surface area (Å²) in [5.41, 5.74) is 2.04. The Kier molecular flexibility index (Phi) is 4.18. The van der Waals surface area contributed by atoms with Gasteiger partial charge in [-0.25, -0.2) is 0 Å². The molecule has 1 unspecified atom stereocenters. The summed E-state index contributed by atoms with van der Waals surface area (Å²) < 4.78 is 0. The van der Waals surface area contributed by atoms with Crippen LogP contribution in [-0.4, -0.2) is 30.6 Å². The van der Waals surface area contributed by atoms with Crippen LogP contribution in [0.5, 0.6) is 0 Å². The second-order valence-corrected chi connectivity index (χ2v) is 5.04. The number of Topliss-reactive ketones (excluding diaryl/α,β-unsaturated/α-hetero) is 1. The SMILES string of the molecule is CC(=O)c1ccc(C#N)cc1N1CCCC(CO)C1. The Hall–Kier alpha value is -1.86. The number of rotatable bonds is 3. The van der Waals surface area contributed by atoms with Gasteiger partial charge in [-0.1, -0.05) is 0 Å². The Morgan fingerprint density at radius 1 is 1.58 bits per heavy atom. The van der Waals surface area contributed by atoms with E-state index in [4.69, 9.17) is 5.26 Å². The first-order valence-electron chi connectivity index (χ1n) is 6.56. The van der Waals surface area contributed by atoms with Crippen molar-refractivity contribution in [2.75, 3.05) is 24.6 Å². The predicted octanol–water partition coefficient (Wildman–Crippen LogP) is 1.97. The fourth-order valence-electron chi connectivity index (χ4n) is 2.59. The Morgan fingerprint density at radius 2 is 2.37 bits per heavy atom. The van der Waals surface area contributed by atoms with Crippen molar-refractivity contribution in [1.82, 2.24) is 0 Å². The van der Waals surface area contributed by atoms with Crippen LogP contribution in [0.25, 0.3) is 0 Å². The number of benzene rings is 1. The standard InChI is InChI=1S/C15H18N2O2/c1-11(19)14-5-4-12(8-16)7-15(14)17-6-2-3-13(9-17)10-18/h4-5,7,13,18H,2-3,6,9-10H2,1H3. The lowest BCUT2D eigenvalue weighted by Gasteiger charge is -2.34. The lowest BCUT2D eigenvalue weighted by molar-refractivity contribution is 0.101. The summed E-state index contributed by atoms with van der Waals surface area (Å²) in [6, 6.07) is 7.28. The van der Waals surface area contributed by atoms with E-state index in [1.165, 1.54) is 0 Å². The van der Waals surface area contributed by atoms with Gasteiger partial charge in [0.15, 0.2) is 5.78 Å². The highest BCUT2D eigenvalue weighted by atomic mass is 16.3. The van der Waals surface area contributed by atoms with E-state index in [1.807, 2.05) is 0 Å². The van der Waals surface area contributed by atoms with Gasteiger partial charge in [0.1, 0.15) is 0 Å². The fourth-order valence-corrected chi connectivity index (χ4v) is 2.59. The molecule has 0 spiro atoms. The number of ketones is 1. The normalized spacial score (nSPS) is 19.0. The maximum atomic E-state index is 11.7. The van der Waals surface area contributed by atoms with Gasteiger partial charge in [-0.05, 0) is 43.9 Å². The van der Waals surface area contributed by atoms with Crippen molar-refractivity contribution in [1.29, 1.82) is 5.26 Å². The molecule has 0 amide bonds. The summed E-state index contributed by atoms with van der Waals surface area (Å²) in [4.78, 5) is 13.8. The smallest absolute Gasteiger partial charge is 0.161 e. The van der Waals surface area contributed by atoms with E-state index in [2.05, 4.69) is 11.0 Å². The minimum atomic E-state index is 0.00520. The molecule has 1 aliphatic heterocycles. The molecular formula is C15H18N2O2. The highest BCUT2D eigenvalue weighted by molar-refractivity contribution is 6.00. The van der Waals surface area contributed by atoms with E-state index < -0.39 is 0 Å². The van der Waals surface area contributed by atoms with Crippen LogP contribution in [0.1, 0.15) is 35.7 Å². The lowest BCUT2D eigenvalue weighted by atomic mass is 9.96. The zero-order chi connectivity index (χ0) is 13.8. The van der Waals surface area contributed by atoms with Gasteiger partial charge in [0.05, 0.1) is 11.6 Å². The highest BCUT2D eigenvalue weighted by Gasteiger charge is 2.22. The lowest BCUT2D eigenvalue weighted by Crippen LogP contribution is -2.37. The predicted molar refractivity (Wildman–Crippen MR) is 73.2 cm³/mol. The molecule has 0 bridgehead atoms. The molecule has 0 aromatic heterocycles. The molecule has 0 radical (unpaired) electrons. The number of piperidine rings is 1. The Morgan fingerprint density at radius 3 is 3.00 bits per heavy atom. The maximum absolute atomic E-state index is 11.7. The highest BCUT2D eigenvalue weighted by Crippen LogP contribution is 2.27. The number of hydrogen-bond acceptors (Lipinski definition) is 4. The number of nitriles is 1. The molecule has 4 heteroatoms. The molecule has 1 fully saturated rings. The van der Waals surface area contributed by atoms with E-state index in [9.17, 15) is 9.90 Å². The van der Waals surface area contributed by atoms with Gasteiger partial charge in [-0.3, -0.25) is 4.79 Å². The zero-order valence-corrected chi connectivity index (χ0v) is 11.1. The second kappa shape index (κ2) is 5.85. The first-order valence-corrected chi connectivity index (χ1v) is 6.56. The van der Waals surface area contributed by atoms with Crippen molar-refractivity contribution in [3.63, 3.8) is 0 Å². The van der Waals surface area contributed by atoms with E-state index in [-0.39, 0.29) is 18.3 Å². The summed E-state index contributed by atoms with van der Waals surface area (Å²) in [7, 11) is 0. The van der Waals surface area contributed by atoms with Crippen molar-refractivity contribution >= 4 is 11.5 Å². The summed E-state index contributed by atoms with van der Waals surface area (Å²) in [6.07, 6.45) is 2.01. The molecule has 1 aliphatic rings. The van der Waals surface area contributed by atoms with Crippen LogP contribution in [0.15, 0.2) is 18.2 Å². The monoisotopic (exact) mass is 258 g/mol. The van der Waals surface area contributed by atoms with Gasteiger partial charge in [0.25, 0.3) is 0 Å². The average Bonchev–Trinajstić information content (AvgIpc) is 2.46. The summed E-state index contributed by atoms with van der Waals surface area (Å²) in [5, 5.41) is 18.3. The summed E-state index contributed by atoms with van der Waals surface area (Å²) in [6.45, 7) is 3.32. The molecule has 1 heterocycles. The molecular weight excluding hydrogens is 240 g/mol. The third-order valence-corrected chi connectivity index (χ3v) is 3.62. The molecule has 1 N–H and O–H groups in total. The number of aliphatic hydroxyl groups is 1. The number of carbonyl (C=O) groups excluding carboxylic acids is 1. The first kappa shape index (κ1) is 13.6. The van der Waals surface area contributed by atoms with Gasteiger partial charge < -0.3 is 10.0 Å². The van der Waals surface area contributed by atoms with Crippen LogP contribution >= 0.6 is 0 Å². The van der Waals surface area contributed by atoms with Crippen molar-refractivity contribution in [2.45, 2.75) is 19.8 Å². The van der Waals surface area contributed by atoms with Crippen LogP contribution < -0.4 is 4.90 Å². The molecule has 0 aliphatic carbocycles. The number of nitrogens with zero attached hydrogens (tertiary/aromatic N) is 2. The Balaban J connectivity index is 2.36. The molecule has 1 aromatic carbocycles. The first-order chi connectivity index (χ1) is 9.15. The average molecular weight is 258 g/mol. The van der Waals surface area contributed by atoms with Gasteiger partial charge in [0, 0.05) is 30.9 Å². The topological polar surface area (TPSA) is 64.3 Å². The van der Waals surface area contributed by atoms with Gasteiger partial charge in [-0.2, -0.15) is 5.26 Å². The third-order valence-electron chi connectivity index (χ3n) is 3.62. The van der Waals surface area contributed by atoms with E-state index >= 15 is 0 Å². The Labute approximate surface area is 113 Å². The van der Waals surface area contributed by atoms with Crippen LogP contribution in [-0.2, 0) is 0 Å². The molecule has 1 aromatic rings. The van der Waals surface area contributed by atoms with Crippen molar-refractivity contribution in [2.24, 2.45) is 5.92 Å². The van der Waals surface area contributed by atoms with Gasteiger partial charge >= 0.3 is 0 Å². The van der Waals surface area contributed by atoms with Crippen molar-refractivity contribution in [3.05, 3.63) is 29.3 Å². The molecule has 100 valence electrons. The molecule has 1 saturated heterocycles. The number of aliphatic hydroxyl groups excluding tert-OH is 1. The van der Waals surface area contributed by atoms with Gasteiger partial charge in [0.2, 0.25) is 0 Å². The van der Waals surface area contributed by atoms with Crippen LogP contribution in [0.4, 0.5) is 5.69 Å². The molecule has 1 atom stereocenters. The van der Waals surface area contributed by atoms with E-state index in [0.717, 1.165) is 31.6 Å². The quantitative estimate of drug-likeness (QED) is 0.842. The molecule has 19 heavy (non-hydrogen) atoms. The van der Waals surface area contributed by atoms with E-state index in [1.54, 1.807) is 25.1 Å². The molecule has 0 saturated carbocycles.